The van der Waals surface area contributed by atoms with Gasteiger partial charge in [-0.3, -0.25) is 4.79 Å². The number of amides is 1. The van der Waals surface area contributed by atoms with Crippen LogP contribution in [0.3, 0.4) is 0 Å². The smallest absolute Gasteiger partial charge is 0.409 e. The van der Waals surface area contributed by atoms with Crippen molar-refractivity contribution in [2.75, 3.05) is 19.7 Å². The van der Waals surface area contributed by atoms with Gasteiger partial charge in [0.2, 0.25) is 0 Å². The first kappa shape index (κ1) is 14.1. The fraction of sp³-hybridized carbons (Fsp3) is 0.462. The molecule has 1 aliphatic rings. The van der Waals surface area contributed by atoms with Crippen LogP contribution in [0.4, 0.5) is 4.79 Å². The lowest BCUT2D eigenvalue weighted by molar-refractivity contribution is 0.0683. The molecule has 7 heteroatoms. The van der Waals surface area contributed by atoms with E-state index in [2.05, 4.69) is 0 Å². The van der Waals surface area contributed by atoms with Crippen LogP contribution in [-0.4, -0.2) is 46.3 Å². The maximum absolute atomic E-state index is 12.0. The lowest BCUT2D eigenvalue weighted by Gasteiger charge is -2.26. The van der Waals surface area contributed by atoms with Gasteiger partial charge in [0.15, 0.2) is 0 Å². The average molecular weight is 280 g/mol. The van der Waals surface area contributed by atoms with Crippen LogP contribution in [0.1, 0.15) is 22.3 Å². The van der Waals surface area contributed by atoms with Gasteiger partial charge in [-0.2, -0.15) is 0 Å². The Balaban J connectivity index is 2.14. The highest BCUT2D eigenvalue weighted by atomic mass is 16.6. The zero-order valence-electron chi connectivity index (χ0n) is 11.2. The van der Waals surface area contributed by atoms with Gasteiger partial charge >= 0.3 is 12.1 Å². The van der Waals surface area contributed by atoms with Gasteiger partial charge in [-0.1, -0.05) is 0 Å². The molecule has 0 bridgehead atoms. The third-order valence-corrected chi connectivity index (χ3v) is 3.25. The molecule has 1 aromatic rings. The highest BCUT2D eigenvalue weighted by Gasteiger charge is 2.20. The van der Waals surface area contributed by atoms with Gasteiger partial charge in [0.25, 0.3) is 5.56 Å². The molecule has 2 heterocycles. The number of carbonyl (C=O) groups is 2. The number of rotatable bonds is 4. The minimum absolute atomic E-state index is 0.228. The predicted octanol–water partition coefficient (Wildman–Crippen LogP) is 0.697. The highest BCUT2D eigenvalue weighted by Crippen LogP contribution is 2.05. The van der Waals surface area contributed by atoms with Crippen molar-refractivity contribution in [1.29, 1.82) is 0 Å². The van der Waals surface area contributed by atoms with Gasteiger partial charge in [0.1, 0.15) is 5.56 Å². The second-order valence-corrected chi connectivity index (χ2v) is 4.63. The van der Waals surface area contributed by atoms with Crippen molar-refractivity contribution in [2.45, 2.75) is 19.9 Å². The Hall–Kier alpha value is -2.31. The van der Waals surface area contributed by atoms with Crippen molar-refractivity contribution in [3.8, 4) is 0 Å². The molecule has 1 fully saturated rings. The summed E-state index contributed by atoms with van der Waals surface area (Å²) >= 11 is 0. The van der Waals surface area contributed by atoms with Crippen LogP contribution < -0.4 is 5.56 Å². The van der Waals surface area contributed by atoms with E-state index in [1.165, 1.54) is 9.47 Å². The molecular weight excluding hydrogens is 264 g/mol. The lowest BCUT2D eigenvalue weighted by atomic mass is 10.1. The van der Waals surface area contributed by atoms with Crippen molar-refractivity contribution >= 4 is 12.1 Å². The van der Waals surface area contributed by atoms with E-state index >= 15 is 0 Å². The van der Waals surface area contributed by atoms with E-state index in [4.69, 9.17) is 9.84 Å². The largest absolute Gasteiger partial charge is 0.477 e. The minimum Gasteiger partial charge on any atom is -0.477 e. The number of carboxylic acid groups (broad SMARTS) is 1. The molecule has 2 rings (SSSR count). The summed E-state index contributed by atoms with van der Waals surface area (Å²) in [4.78, 5) is 36.0. The molecule has 0 spiro atoms. The number of aromatic nitrogens is 1. The maximum atomic E-state index is 12.0. The van der Waals surface area contributed by atoms with Crippen molar-refractivity contribution in [3.63, 3.8) is 0 Å². The van der Waals surface area contributed by atoms with E-state index in [1.54, 1.807) is 19.2 Å². The molecular formula is C13H16N2O5. The minimum atomic E-state index is -1.24. The Bertz CT molecular complexity index is 593. The molecule has 0 aromatic carbocycles. The summed E-state index contributed by atoms with van der Waals surface area (Å²) in [5.74, 6) is -1.24. The quantitative estimate of drug-likeness (QED) is 0.876. The molecule has 1 saturated heterocycles. The Morgan fingerprint density at radius 1 is 1.40 bits per heavy atom. The fourth-order valence-electron chi connectivity index (χ4n) is 2.13. The Labute approximate surface area is 115 Å². The van der Waals surface area contributed by atoms with Crippen LogP contribution in [0, 0.1) is 6.92 Å². The van der Waals surface area contributed by atoms with Crippen molar-refractivity contribution in [3.05, 3.63) is 33.7 Å². The highest BCUT2D eigenvalue weighted by molar-refractivity contribution is 5.88. The van der Waals surface area contributed by atoms with E-state index in [1.807, 2.05) is 0 Å². The fourth-order valence-corrected chi connectivity index (χ4v) is 2.13. The second-order valence-electron chi connectivity index (χ2n) is 4.63. The molecule has 0 aliphatic carbocycles. The van der Waals surface area contributed by atoms with Crippen LogP contribution in [0.2, 0.25) is 0 Å². The monoisotopic (exact) mass is 280 g/mol. The van der Waals surface area contributed by atoms with Crippen LogP contribution in [-0.2, 0) is 11.3 Å². The second kappa shape index (κ2) is 5.77. The van der Waals surface area contributed by atoms with Gasteiger partial charge in [0, 0.05) is 25.8 Å². The van der Waals surface area contributed by atoms with E-state index in [-0.39, 0.29) is 12.1 Å². The number of hydrogen-bond donors (Lipinski definition) is 1. The van der Waals surface area contributed by atoms with Crippen molar-refractivity contribution in [1.82, 2.24) is 9.47 Å². The van der Waals surface area contributed by atoms with Crippen LogP contribution >= 0.6 is 0 Å². The summed E-state index contributed by atoms with van der Waals surface area (Å²) in [7, 11) is 0. The molecule has 1 aromatic heterocycles. The van der Waals surface area contributed by atoms with Crippen LogP contribution in [0.15, 0.2) is 17.1 Å². The third-order valence-electron chi connectivity index (χ3n) is 3.25. The Kier molecular flexibility index (Phi) is 4.07. The molecule has 0 unspecified atom stereocenters. The van der Waals surface area contributed by atoms with Gasteiger partial charge in [-0.25, -0.2) is 9.59 Å². The summed E-state index contributed by atoms with van der Waals surface area (Å²) in [5, 5.41) is 9.03. The Morgan fingerprint density at radius 2 is 2.15 bits per heavy atom. The maximum Gasteiger partial charge on any atom is 0.409 e. The number of carboxylic acids is 1. The first-order chi connectivity index (χ1) is 9.50. The number of carbonyl (C=O) groups excluding carboxylic acids is 1. The number of nitrogens with zero attached hydrogens (tertiary/aromatic N) is 2. The number of aromatic carboxylic acids is 1. The van der Waals surface area contributed by atoms with Crippen LogP contribution in [0.5, 0.6) is 0 Å². The van der Waals surface area contributed by atoms with Gasteiger partial charge in [-0.05, 0) is 25.0 Å². The lowest BCUT2D eigenvalue weighted by Crippen LogP contribution is -2.41. The zero-order chi connectivity index (χ0) is 14.7. The average Bonchev–Trinajstić information content (AvgIpc) is 2.39. The zero-order valence-corrected chi connectivity index (χ0v) is 11.2. The van der Waals surface area contributed by atoms with E-state index in [0.717, 1.165) is 6.42 Å². The molecule has 7 nitrogen and oxygen atoms in total. The summed E-state index contributed by atoms with van der Waals surface area (Å²) in [6.45, 7) is 3.15. The number of ether oxygens (including phenoxy) is 1. The van der Waals surface area contributed by atoms with Crippen molar-refractivity contribution in [2.24, 2.45) is 0 Å². The molecule has 20 heavy (non-hydrogen) atoms. The predicted molar refractivity (Wildman–Crippen MR) is 69.9 cm³/mol. The first-order valence-electron chi connectivity index (χ1n) is 6.35. The first-order valence-corrected chi connectivity index (χ1v) is 6.35. The number of pyridine rings is 1. The SMILES string of the molecule is Cc1ccn(CCN2CCCOC2=O)c(=O)c1C(=O)O. The topological polar surface area (TPSA) is 88.8 Å². The molecule has 0 radical (unpaired) electrons. The summed E-state index contributed by atoms with van der Waals surface area (Å²) in [5.41, 5.74) is -0.354. The third kappa shape index (κ3) is 2.81. The summed E-state index contributed by atoms with van der Waals surface area (Å²) < 4.78 is 6.20. The Morgan fingerprint density at radius 3 is 2.80 bits per heavy atom. The number of aryl methyl sites for hydroxylation is 1. The standard InChI is InChI=1S/C13H16N2O5/c1-9-3-5-14(11(16)10(9)12(17)18)6-7-15-4-2-8-20-13(15)19/h3,5H,2,4,6-8H2,1H3,(H,17,18). The molecule has 0 atom stereocenters. The molecule has 1 aliphatic heterocycles. The number of hydrogen-bond acceptors (Lipinski definition) is 4. The summed E-state index contributed by atoms with van der Waals surface area (Å²) in [6.07, 6.45) is 1.91. The molecule has 0 saturated carbocycles. The van der Waals surface area contributed by atoms with Gasteiger partial charge in [0.05, 0.1) is 6.61 Å². The van der Waals surface area contributed by atoms with E-state index < -0.39 is 17.6 Å². The van der Waals surface area contributed by atoms with Gasteiger partial charge in [-0.15, -0.1) is 0 Å². The summed E-state index contributed by atoms with van der Waals surface area (Å²) in [6, 6.07) is 1.58. The van der Waals surface area contributed by atoms with E-state index in [9.17, 15) is 14.4 Å². The van der Waals surface area contributed by atoms with Crippen LogP contribution in [0.25, 0.3) is 0 Å². The normalized spacial score (nSPS) is 15.1. The number of cyclic esters (lactones) is 1. The van der Waals surface area contributed by atoms with E-state index in [0.29, 0.717) is 25.3 Å². The molecule has 108 valence electrons. The molecule has 1 amide bonds. The molecule has 1 N–H and O–H groups in total. The van der Waals surface area contributed by atoms with Crippen molar-refractivity contribution < 1.29 is 19.4 Å². The van der Waals surface area contributed by atoms with Gasteiger partial charge < -0.3 is 19.3 Å².